The Balaban J connectivity index is 2.22. The third kappa shape index (κ3) is 2.37. The van der Waals surface area contributed by atoms with Gasteiger partial charge in [-0.15, -0.1) is 0 Å². The molecule has 2 heteroatoms. The van der Waals surface area contributed by atoms with Gasteiger partial charge in [-0.3, -0.25) is 4.79 Å². The van der Waals surface area contributed by atoms with Gasteiger partial charge in [0.15, 0.2) is 5.78 Å². The molecule has 0 atom stereocenters. The third-order valence-electron chi connectivity index (χ3n) is 3.43. The number of carbonyl (C=O) groups is 1. The first-order valence-corrected chi connectivity index (χ1v) is 6.79. The molecule has 1 nitrogen and oxygen atoms in total. The van der Waals surface area contributed by atoms with E-state index in [1.165, 1.54) is 19.3 Å². The van der Waals surface area contributed by atoms with E-state index < -0.39 is 0 Å². The van der Waals surface area contributed by atoms with Gasteiger partial charge in [0.05, 0.1) is 0 Å². The van der Waals surface area contributed by atoms with Gasteiger partial charge in [0.1, 0.15) is 0 Å². The van der Waals surface area contributed by atoms with Crippen LogP contribution in [0.2, 0.25) is 0 Å². The zero-order valence-electron chi connectivity index (χ0n) is 9.63. The van der Waals surface area contributed by atoms with Crippen molar-refractivity contribution >= 4 is 21.7 Å². The van der Waals surface area contributed by atoms with Crippen molar-refractivity contribution in [3.8, 4) is 0 Å². The monoisotopic (exact) mass is 280 g/mol. The molecule has 1 saturated carbocycles. The Morgan fingerprint density at radius 1 is 1.25 bits per heavy atom. The van der Waals surface area contributed by atoms with Crippen LogP contribution in [-0.2, 0) is 0 Å². The van der Waals surface area contributed by atoms with Gasteiger partial charge in [-0.2, -0.15) is 0 Å². The van der Waals surface area contributed by atoms with E-state index in [-0.39, 0.29) is 5.92 Å². The second-order valence-corrected chi connectivity index (χ2v) is 5.43. The van der Waals surface area contributed by atoms with Crippen LogP contribution in [0.4, 0.5) is 0 Å². The van der Waals surface area contributed by atoms with E-state index in [9.17, 15) is 4.79 Å². The van der Waals surface area contributed by atoms with Gasteiger partial charge in [0.2, 0.25) is 0 Å². The molecule has 16 heavy (non-hydrogen) atoms. The fraction of sp³-hybridized carbons (Fsp3) is 0.500. The lowest BCUT2D eigenvalue weighted by Crippen LogP contribution is -2.18. The predicted molar refractivity (Wildman–Crippen MR) is 69.8 cm³/mol. The number of hydrogen-bond donors (Lipinski definition) is 0. The van der Waals surface area contributed by atoms with Crippen molar-refractivity contribution < 1.29 is 4.79 Å². The zero-order chi connectivity index (χ0) is 11.5. The Morgan fingerprint density at radius 3 is 2.62 bits per heavy atom. The first-order valence-electron chi connectivity index (χ1n) is 5.99. The summed E-state index contributed by atoms with van der Waals surface area (Å²) in [6.45, 7) is 2.03. The summed E-state index contributed by atoms with van der Waals surface area (Å²) in [4.78, 5) is 12.3. The molecule has 1 aliphatic carbocycles. The highest BCUT2D eigenvalue weighted by atomic mass is 79.9. The van der Waals surface area contributed by atoms with Crippen LogP contribution in [0.5, 0.6) is 0 Å². The highest BCUT2D eigenvalue weighted by molar-refractivity contribution is 9.10. The summed E-state index contributed by atoms with van der Waals surface area (Å²) in [5.41, 5.74) is 2.01. The van der Waals surface area contributed by atoms with Gasteiger partial charge < -0.3 is 0 Å². The average Bonchev–Trinajstić information content (AvgIpc) is 2.33. The van der Waals surface area contributed by atoms with Crippen LogP contribution in [-0.4, -0.2) is 5.78 Å². The molecule has 0 saturated heterocycles. The Kier molecular flexibility index (Phi) is 3.80. The lowest BCUT2D eigenvalue weighted by molar-refractivity contribution is 0.0888. The molecule has 1 aromatic carbocycles. The lowest BCUT2D eigenvalue weighted by Gasteiger charge is -2.21. The number of halogens is 1. The highest BCUT2D eigenvalue weighted by Crippen LogP contribution is 2.30. The molecule has 0 unspecified atom stereocenters. The second-order valence-electron chi connectivity index (χ2n) is 4.64. The highest BCUT2D eigenvalue weighted by Gasteiger charge is 2.23. The number of hydrogen-bond acceptors (Lipinski definition) is 1. The van der Waals surface area contributed by atoms with Crippen LogP contribution in [0.3, 0.4) is 0 Å². The second kappa shape index (κ2) is 5.13. The largest absolute Gasteiger partial charge is 0.294 e. The summed E-state index contributed by atoms with van der Waals surface area (Å²) in [6.07, 6.45) is 5.84. The van der Waals surface area contributed by atoms with Gasteiger partial charge in [-0.05, 0) is 41.3 Å². The van der Waals surface area contributed by atoms with Gasteiger partial charge >= 0.3 is 0 Å². The molecule has 1 aromatic rings. The van der Waals surface area contributed by atoms with E-state index in [2.05, 4.69) is 15.9 Å². The number of aryl methyl sites for hydroxylation is 1. The molecule has 1 aliphatic rings. The van der Waals surface area contributed by atoms with E-state index in [4.69, 9.17) is 0 Å². The average molecular weight is 281 g/mol. The molecule has 0 aliphatic heterocycles. The number of benzene rings is 1. The van der Waals surface area contributed by atoms with Gasteiger partial charge in [0.25, 0.3) is 0 Å². The van der Waals surface area contributed by atoms with E-state index >= 15 is 0 Å². The smallest absolute Gasteiger partial charge is 0.167 e. The lowest BCUT2D eigenvalue weighted by atomic mass is 9.83. The van der Waals surface area contributed by atoms with E-state index in [0.717, 1.165) is 28.4 Å². The molecule has 0 radical (unpaired) electrons. The summed E-state index contributed by atoms with van der Waals surface area (Å²) in [6, 6.07) is 5.94. The molecular formula is C14H17BrO. The summed E-state index contributed by atoms with van der Waals surface area (Å²) >= 11 is 3.53. The van der Waals surface area contributed by atoms with Gasteiger partial charge in [-0.1, -0.05) is 37.5 Å². The van der Waals surface area contributed by atoms with Crippen LogP contribution in [0.15, 0.2) is 22.7 Å². The Hall–Kier alpha value is -0.630. The van der Waals surface area contributed by atoms with Crippen LogP contribution < -0.4 is 0 Å². The summed E-state index contributed by atoms with van der Waals surface area (Å²) in [5.74, 6) is 0.585. The zero-order valence-corrected chi connectivity index (χ0v) is 11.2. The summed E-state index contributed by atoms with van der Waals surface area (Å²) in [7, 11) is 0. The van der Waals surface area contributed by atoms with E-state index in [1.807, 2.05) is 25.1 Å². The SMILES string of the molecule is Cc1cccc(C(=O)C2CCCCC2)c1Br. The number of Topliss-reactive ketones (excluding diaryl/α,β-unsaturated/α-hetero) is 1. The maximum absolute atomic E-state index is 12.3. The van der Waals surface area contributed by atoms with Crippen molar-refractivity contribution in [2.45, 2.75) is 39.0 Å². The minimum Gasteiger partial charge on any atom is -0.294 e. The minimum absolute atomic E-state index is 0.256. The van der Waals surface area contributed by atoms with E-state index in [0.29, 0.717) is 5.78 Å². The molecule has 0 spiro atoms. The van der Waals surface area contributed by atoms with Crippen molar-refractivity contribution in [3.63, 3.8) is 0 Å². The molecule has 1 fully saturated rings. The minimum atomic E-state index is 0.256. The predicted octanol–water partition coefficient (Wildman–Crippen LogP) is 4.52. The van der Waals surface area contributed by atoms with Crippen molar-refractivity contribution in [1.82, 2.24) is 0 Å². The van der Waals surface area contributed by atoms with Crippen molar-refractivity contribution in [2.75, 3.05) is 0 Å². The Morgan fingerprint density at radius 2 is 1.94 bits per heavy atom. The summed E-state index contributed by atoms with van der Waals surface area (Å²) in [5, 5.41) is 0. The molecule has 0 aromatic heterocycles. The van der Waals surface area contributed by atoms with Gasteiger partial charge in [-0.25, -0.2) is 0 Å². The van der Waals surface area contributed by atoms with Crippen LogP contribution >= 0.6 is 15.9 Å². The van der Waals surface area contributed by atoms with Crippen molar-refractivity contribution in [3.05, 3.63) is 33.8 Å². The van der Waals surface area contributed by atoms with Crippen LogP contribution in [0.1, 0.15) is 48.0 Å². The van der Waals surface area contributed by atoms with E-state index in [1.54, 1.807) is 0 Å². The van der Waals surface area contributed by atoms with Crippen molar-refractivity contribution in [2.24, 2.45) is 5.92 Å². The molecule has 0 bridgehead atoms. The maximum atomic E-state index is 12.3. The Labute approximate surface area is 105 Å². The quantitative estimate of drug-likeness (QED) is 0.728. The first kappa shape index (κ1) is 11.8. The molecule has 0 amide bonds. The topological polar surface area (TPSA) is 17.1 Å². The standard InChI is InChI=1S/C14H17BrO/c1-10-6-5-9-12(13(10)15)14(16)11-7-3-2-4-8-11/h5-6,9,11H,2-4,7-8H2,1H3. The molecule has 2 rings (SSSR count). The van der Waals surface area contributed by atoms with Crippen molar-refractivity contribution in [1.29, 1.82) is 0 Å². The van der Waals surface area contributed by atoms with Gasteiger partial charge in [0, 0.05) is 16.0 Å². The fourth-order valence-corrected chi connectivity index (χ4v) is 2.88. The normalized spacial score (nSPS) is 17.4. The molecular weight excluding hydrogens is 264 g/mol. The van der Waals surface area contributed by atoms with Crippen LogP contribution in [0, 0.1) is 12.8 Å². The number of rotatable bonds is 2. The maximum Gasteiger partial charge on any atom is 0.167 e. The Bertz CT molecular complexity index is 392. The molecule has 0 heterocycles. The van der Waals surface area contributed by atoms with Crippen LogP contribution in [0.25, 0.3) is 0 Å². The number of carbonyl (C=O) groups excluding carboxylic acids is 1. The third-order valence-corrected chi connectivity index (χ3v) is 4.49. The number of ketones is 1. The molecule has 86 valence electrons. The summed E-state index contributed by atoms with van der Waals surface area (Å²) < 4.78 is 0.977. The fourth-order valence-electron chi connectivity index (χ4n) is 2.42. The molecule has 0 N–H and O–H groups in total. The first-order chi connectivity index (χ1) is 7.70.